The molecular weight excluding hydrogens is 548 g/mol. The van der Waals surface area contributed by atoms with Crippen molar-refractivity contribution in [1.82, 2.24) is 4.57 Å². The minimum atomic E-state index is 0.904. The van der Waals surface area contributed by atoms with Gasteiger partial charge in [-0.25, -0.2) is 0 Å². The lowest BCUT2D eigenvalue weighted by atomic mass is 10.0. The van der Waals surface area contributed by atoms with Crippen molar-refractivity contribution < 1.29 is 4.42 Å². The van der Waals surface area contributed by atoms with Gasteiger partial charge in [0, 0.05) is 38.9 Å². The lowest BCUT2D eigenvalue weighted by molar-refractivity contribution is 0.673. The van der Waals surface area contributed by atoms with E-state index in [9.17, 15) is 0 Å². The third kappa shape index (κ3) is 4.13. The molecule has 212 valence electrons. The largest absolute Gasteiger partial charge is 0.455 e. The molecule has 0 bridgehead atoms. The first-order chi connectivity index (χ1) is 22.3. The zero-order valence-electron chi connectivity index (χ0n) is 24.5. The highest BCUT2D eigenvalue weighted by molar-refractivity contribution is 6.24. The van der Waals surface area contributed by atoms with Gasteiger partial charge in [0.2, 0.25) is 0 Å². The van der Waals surface area contributed by atoms with E-state index in [0.29, 0.717) is 0 Å². The monoisotopic (exact) mass is 576 g/mol. The van der Waals surface area contributed by atoms with Gasteiger partial charge in [0.25, 0.3) is 0 Å². The number of rotatable bonds is 5. The first-order valence-corrected chi connectivity index (χ1v) is 15.3. The topological polar surface area (TPSA) is 21.3 Å². The maximum atomic E-state index is 6.62. The van der Waals surface area contributed by atoms with Crippen molar-refractivity contribution in [3.8, 4) is 16.8 Å². The minimum absolute atomic E-state index is 0.904. The van der Waals surface area contributed by atoms with Crippen LogP contribution in [0.15, 0.2) is 174 Å². The van der Waals surface area contributed by atoms with Crippen molar-refractivity contribution >= 4 is 60.8 Å². The molecule has 0 fully saturated rings. The van der Waals surface area contributed by atoms with Crippen molar-refractivity contribution in [2.45, 2.75) is 0 Å². The van der Waals surface area contributed by atoms with Gasteiger partial charge in [0.05, 0.1) is 16.4 Å². The van der Waals surface area contributed by atoms with Crippen LogP contribution < -0.4 is 4.90 Å². The molecule has 7 aromatic carbocycles. The molecule has 3 nitrogen and oxygen atoms in total. The second kappa shape index (κ2) is 10.3. The highest BCUT2D eigenvalue weighted by Crippen LogP contribution is 2.43. The summed E-state index contributed by atoms with van der Waals surface area (Å²) in [5, 5.41) is 4.54. The van der Waals surface area contributed by atoms with Crippen LogP contribution in [0, 0.1) is 0 Å². The Balaban J connectivity index is 1.31. The first-order valence-electron chi connectivity index (χ1n) is 15.3. The Hall–Kier alpha value is -6.06. The summed E-state index contributed by atoms with van der Waals surface area (Å²) in [6.07, 6.45) is 0. The van der Waals surface area contributed by atoms with E-state index in [1.165, 1.54) is 11.1 Å². The summed E-state index contributed by atoms with van der Waals surface area (Å²) in [4.78, 5) is 2.33. The van der Waals surface area contributed by atoms with Gasteiger partial charge in [-0.3, -0.25) is 0 Å². The highest BCUT2D eigenvalue weighted by Gasteiger charge is 2.21. The zero-order valence-corrected chi connectivity index (χ0v) is 24.5. The number of hydrogen-bond donors (Lipinski definition) is 0. The Morgan fingerprint density at radius 3 is 1.80 bits per heavy atom. The molecule has 0 aliphatic rings. The van der Waals surface area contributed by atoms with E-state index in [2.05, 4.69) is 173 Å². The minimum Gasteiger partial charge on any atom is -0.455 e. The Labute approximate surface area is 260 Å². The van der Waals surface area contributed by atoms with Crippen LogP contribution in [0.5, 0.6) is 0 Å². The third-order valence-electron chi connectivity index (χ3n) is 8.78. The molecule has 2 heterocycles. The summed E-state index contributed by atoms with van der Waals surface area (Å²) in [5.41, 5.74) is 10.9. The number of nitrogens with zero attached hydrogens (tertiary/aromatic N) is 2. The second-order valence-corrected chi connectivity index (χ2v) is 11.4. The molecule has 0 aliphatic carbocycles. The van der Waals surface area contributed by atoms with Crippen LogP contribution in [0.2, 0.25) is 0 Å². The summed E-state index contributed by atoms with van der Waals surface area (Å²) in [7, 11) is 0. The van der Waals surface area contributed by atoms with Crippen LogP contribution in [0.25, 0.3) is 60.6 Å². The summed E-state index contributed by atoms with van der Waals surface area (Å²) < 4.78 is 8.97. The average molecular weight is 577 g/mol. The molecule has 2 aromatic heterocycles. The average Bonchev–Trinajstić information content (AvgIpc) is 3.65. The fourth-order valence-corrected chi connectivity index (χ4v) is 6.73. The number of anilines is 3. The van der Waals surface area contributed by atoms with Gasteiger partial charge in [-0.05, 0) is 83.9 Å². The molecule has 0 spiro atoms. The van der Waals surface area contributed by atoms with Gasteiger partial charge in [-0.15, -0.1) is 0 Å². The van der Waals surface area contributed by atoms with E-state index in [1.807, 2.05) is 6.07 Å². The Morgan fingerprint density at radius 1 is 0.422 bits per heavy atom. The van der Waals surface area contributed by atoms with Gasteiger partial charge in [0.1, 0.15) is 11.2 Å². The van der Waals surface area contributed by atoms with Crippen molar-refractivity contribution in [3.63, 3.8) is 0 Å². The molecule has 0 radical (unpaired) electrons. The summed E-state index contributed by atoms with van der Waals surface area (Å²) in [5.74, 6) is 0. The number of para-hydroxylation sites is 3. The van der Waals surface area contributed by atoms with Gasteiger partial charge in [0.15, 0.2) is 0 Å². The van der Waals surface area contributed by atoms with Gasteiger partial charge >= 0.3 is 0 Å². The van der Waals surface area contributed by atoms with E-state index in [4.69, 9.17) is 4.42 Å². The molecule has 9 rings (SSSR count). The van der Waals surface area contributed by atoms with Crippen molar-refractivity contribution in [2.75, 3.05) is 4.90 Å². The molecular formula is C42H28N2O. The molecule has 9 aromatic rings. The lowest BCUT2D eigenvalue weighted by Gasteiger charge is -2.26. The summed E-state index contributed by atoms with van der Waals surface area (Å²) in [6.45, 7) is 0. The number of fused-ring (bicyclic) bond motifs is 7. The molecule has 0 atom stereocenters. The highest BCUT2D eigenvalue weighted by atomic mass is 16.3. The fourth-order valence-electron chi connectivity index (χ4n) is 6.73. The smallest absolute Gasteiger partial charge is 0.145 e. The number of benzene rings is 7. The molecule has 0 amide bonds. The fraction of sp³-hybridized carbons (Fsp3) is 0. The van der Waals surface area contributed by atoms with Crippen molar-refractivity contribution in [1.29, 1.82) is 0 Å². The maximum absolute atomic E-state index is 6.62. The Morgan fingerprint density at radius 2 is 1.02 bits per heavy atom. The van der Waals surface area contributed by atoms with E-state index < -0.39 is 0 Å². The first kappa shape index (κ1) is 25.4. The maximum Gasteiger partial charge on any atom is 0.145 e. The van der Waals surface area contributed by atoms with Crippen LogP contribution >= 0.6 is 0 Å². The molecule has 45 heavy (non-hydrogen) atoms. The summed E-state index contributed by atoms with van der Waals surface area (Å²) in [6, 6.07) is 60.1. The predicted molar refractivity (Wildman–Crippen MR) is 188 cm³/mol. The molecule has 0 N–H and O–H groups in total. The predicted octanol–water partition coefficient (Wildman–Crippen LogP) is 11.8. The molecule has 0 unspecified atom stereocenters. The van der Waals surface area contributed by atoms with Crippen LogP contribution in [0.4, 0.5) is 17.1 Å². The quantitative estimate of drug-likeness (QED) is 0.203. The molecule has 3 heteroatoms. The van der Waals surface area contributed by atoms with E-state index in [1.54, 1.807) is 0 Å². The van der Waals surface area contributed by atoms with Crippen LogP contribution in [0.3, 0.4) is 0 Å². The Kier molecular flexibility index (Phi) is 5.82. The van der Waals surface area contributed by atoms with Gasteiger partial charge in [-0.1, -0.05) is 97.1 Å². The van der Waals surface area contributed by atoms with Gasteiger partial charge in [-0.2, -0.15) is 0 Å². The number of furan rings is 1. The van der Waals surface area contributed by atoms with Gasteiger partial charge < -0.3 is 13.9 Å². The standard InChI is InChI=1S/C42H28N2O/c1-4-12-29(13-5-1)30-20-22-33(23-21-30)43(31-14-6-2-7-15-31)34-24-26-38-37(28-34)41-39(44(38)32-16-8-3-9-17-32)27-25-36-35-18-10-11-19-40(35)45-42(36)41/h1-28H. The second-order valence-electron chi connectivity index (χ2n) is 11.4. The van der Waals surface area contributed by atoms with Crippen LogP contribution in [0.1, 0.15) is 0 Å². The van der Waals surface area contributed by atoms with Crippen molar-refractivity contribution in [3.05, 3.63) is 170 Å². The lowest BCUT2D eigenvalue weighted by Crippen LogP contribution is -2.09. The third-order valence-corrected chi connectivity index (χ3v) is 8.78. The van der Waals surface area contributed by atoms with Crippen LogP contribution in [-0.2, 0) is 0 Å². The summed E-state index contributed by atoms with van der Waals surface area (Å²) >= 11 is 0. The van der Waals surface area contributed by atoms with E-state index in [0.717, 1.165) is 66.5 Å². The molecule has 0 saturated heterocycles. The van der Waals surface area contributed by atoms with Crippen molar-refractivity contribution in [2.24, 2.45) is 0 Å². The Bertz CT molecular complexity index is 2460. The molecule has 0 aliphatic heterocycles. The van der Waals surface area contributed by atoms with Crippen LogP contribution in [-0.4, -0.2) is 4.57 Å². The molecule has 0 saturated carbocycles. The normalized spacial score (nSPS) is 11.6. The number of aromatic nitrogens is 1. The van der Waals surface area contributed by atoms with E-state index >= 15 is 0 Å². The SMILES string of the molecule is c1ccc(-c2ccc(N(c3ccccc3)c3ccc4c(c3)c3c5oc6ccccc6c5ccc3n4-c3ccccc3)cc2)cc1. The zero-order chi connectivity index (χ0) is 29.7. The van der Waals surface area contributed by atoms with E-state index in [-0.39, 0.29) is 0 Å². The number of hydrogen-bond acceptors (Lipinski definition) is 2.